The topological polar surface area (TPSA) is 56.7 Å². The average molecular weight is 246 g/mol. The fourth-order valence-electron chi connectivity index (χ4n) is 2.47. The standard InChI is InChI=1S/C14H22N4/c1-3-5-11(9-15)14-17-12-10-16-7-6-13(12)18(14)8-4-2/h6-7,10-11H,3-5,8-9,15H2,1-2H3. The van der Waals surface area contributed by atoms with Crippen molar-refractivity contribution in [1.29, 1.82) is 0 Å². The monoisotopic (exact) mass is 246 g/mol. The number of pyridine rings is 1. The molecule has 1 atom stereocenters. The number of rotatable bonds is 6. The second-order valence-corrected chi connectivity index (χ2v) is 4.71. The summed E-state index contributed by atoms with van der Waals surface area (Å²) in [6, 6.07) is 2.04. The Balaban J connectivity index is 2.50. The first-order valence-corrected chi connectivity index (χ1v) is 6.82. The lowest BCUT2D eigenvalue weighted by atomic mass is 10.0. The van der Waals surface area contributed by atoms with Crippen molar-refractivity contribution in [3.63, 3.8) is 0 Å². The van der Waals surface area contributed by atoms with E-state index in [0.717, 1.165) is 37.1 Å². The smallest absolute Gasteiger partial charge is 0.114 e. The summed E-state index contributed by atoms with van der Waals surface area (Å²) < 4.78 is 2.31. The summed E-state index contributed by atoms with van der Waals surface area (Å²) in [4.78, 5) is 8.89. The number of fused-ring (bicyclic) bond motifs is 1. The van der Waals surface area contributed by atoms with Crippen LogP contribution in [0.3, 0.4) is 0 Å². The Morgan fingerprint density at radius 3 is 2.83 bits per heavy atom. The van der Waals surface area contributed by atoms with Crippen molar-refractivity contribution < 1.29 is 0 Å². The van der Waals surface area contributed by atoms with E-state index in [4.69, 9.17) is 10.7 Å². The molecule has 0 aromatic carbocycles. The zero-order valence-corrected chi connectivity index (χ0v) is 11.3. The van der Waals surface area contributed by atoms with E-state index in [1.165, 1.54) is 5.52 Å². The van der Waals surface area contributed by atoms with Crippen molar-refractivity contribution in [2.75, 3.05) is 6.54 Å². The fraction of sp³-hybridized carbons (Fsp3) is 0.571. The molecule has 0 spiro atoms. The number of nitrogens with two attached hydrogens (primary N) is 1. The van der Waals surface area contributed by atoms with Gasteiger partial charge in [0, 0.05) is 25.2 Å². The normalized spacial score (nSPS) is 13.1. The minimum absolute atomic E-state index is 0.356. The van der Waals surface area contributed by atoms with Gasteiger partial charge in [-0.1, -0.05) is 20.3 Å². The van der Waals surface area contributed by atoms with Gasteiger partial charge < -0.3 is 10.3 Å². The van der Waals surface area contributed by atoms with Gasteiger partial charge >= 0.3 is 0 Å². The number of hydrogen-bond donors (Lipinski definition) is 1. The van der Waals surface area contributed by atoms with Crippen molar-refractivity contribution in [3.8, 4) is 0 Å². The van der Waals surface area contributed by atoms with Gasteiger partial charge in [-0.15, -0.1) is 0 Å². The van der Waals surface area contributed by atoms with Crippen LogP contribution in [0.25, 0.3) is 11.0 Å². The third-order valence-corrected chi connectivity index (χ3v) is 3.31. The highest BCUT2D eigenvalue weighted by atomic mass is 15.1. The van der Waals surface area contributed by atoms with Gasteiger partial charge in [-0.2, -0.15) is 0 Å². The maximum atomic E-state index is 5.91. The van der Waals surface area contributed by atoms with Gasteiger partial charge in [0.05, 0.1) is 11.7 Å². The van der Waals surface area contributed by atoms with E-state index < -0.39 is 0 Å². The van der Waals surface area contributed by atoms with E-state index in [-0.39, 0.29) is 0 Å². The van der Waals surface area contributed by atoms with Crippen LogP contribution in [-0.2, 0) is 6.54 Å². The molecule has 0 fully saturated rings. The maximum Gasteiger partial charge on any atom is 0.114 e. The summed E-state index contributed by atoms with van der Waals surface area (Å²) >= 11 is 0. The summed E-state index contributed by atoms with van der Waals surface area (Å²) in [5, 5.41) is 0. The molecule has 2 rings (SSSR count). The van der Waals surface area contributed by atoms with Crippen molar-refractivity contribution >= 4 is 11.0 Å². The number of aryl methyl sites for hydroxylation is 1. The number of imidazole rings is 1. The van der Waals surface area contributed by atoms with Crippen LogP contribution in [0.1, 0.15) is 44.9 Å². The zero-order valence-electron chi connectivity index (χ0n) is 11.3. The number of nitrogens with zero attached hydrogens (tertiary/aromatic N) is 3. The van der Waals surface area contributed by atoms with E-state index in [9.17, 15) is 0 Å². The SMILES string of the molecule is CCCC(CN)c1nc2cnccc2n1CCC. The highest BCUT2D eigenvalue weighted by Gasteiger charge is 2.18. The van der Waals surface area contributed by atoms with E-state index in [1.807, 2.05) is 18.5 Å². The lowest BCUT2D eigenvalue weighted by Crippen LogP contribution is -2.17. The Kier molecular flexibility index (Phi) is 4.31. The van der Waals surface area contributed by atoms with Gasteiger partial charge in [0.25, 0.3) is 0 Å². The van der Waals surface area contributed by atoms with Crippen molar-refractivity contribution in [2.24, 2.45) is 5.73 Å². The Bertz CT molecular complexity index is 503. The molecule has 0 amide bonds. The zero-order chi connectivity index (χ0) is 13.0. The van der Waals surface area contributed by atoms with Gasteiger partial charge in [0.15, 0.2) is 0 Å². The molecule has 18 heavy (non-hydrogen) atoms. The molecule has 0 bridgehead atoms. The number of hydrogen-bond acceptors (Lipinski definition) is 3. The van der Waals surface area contributed by atoms with Crippen LogP contribution in [-0.4, -0.2) is 21.1 Å². The molecule has 0 aliphatic rings. The van der Waals surface area contributed by atoms with Crippen LogP contribution >= 0.6 is 0 Å². The maximum absolute atomic E-state index is 5.91. The Labute approximate surface area is 108 Å². The van der Waals surface area contributed by atoms with E-state index in [2.05, 4.69) is 23.4 Å². The molecule has 0 aliphatic heterocycles. The van der Waals surface area contributed by atoms with E-state index in [1.54, 1.807) is 0 Å². The summed E-state index contributed by atoms with van der Waals surface area (Å²) in [6.45, 7) is 6.04. The molecule has 4 nitrogen and oxygen atoms in total. The third-order valence-electron chi connectivity index (χ3n) is 3.31. The average Bonchev–Trinajstić information content (AvgIpc) is 2.76. The third kappa shape index (κ3) is 2.38. The Hall–Kier alpha value is -1.42. The molecule has 0 saturated heterocycles. The summed E-state index contributed by atoms with van der Waals surface area (Å²) in [7, 11) is 0. The first-order chi connectivity index (χ1) is 8.81. The van der Waals surface area contributed by atoms with Crippen LogP contribution in [0.15, 0.2) is 18.5 Å². The van der Waals surface area contributed by atoms with E-state index >= 15 is 0 Å². The van der Waals surface area contributed by atoms with Crippen LogP contribution in [0.4, 0.5) is 0 Å². The Morgan fingerprint density at radius 2 is 2.17 bits per heavy atom. The molecule has 2 N–H and O–H groups in total. The Morgan fingerprint density at radius 1 is 1.33 bits per heavy atom. The van der Waals surface area contributed by atoms with Gasteiger partial charge in [-0.05, 0) is 18.9 Å². The van der Waals surface area contributed by atoms with Crippen molar-refractivity contribution in [2.45, 2.75) is 45.6 Å². The highest BCUT2D eigenvalue weighted by Crippen LogP contribution is 2.24. The molecule has 0 saturated carbocycles. The second kappa shape index (κ2) is 5.96. The first-order valence-electron chi connectivity index (χ1n) is 6.82. The minimum Gasteiger partial charge on any atom is -0.330 e. The second-order valence-electron chi connectivity index (χ2n) is 4.71. The molecule has 2 aromatic rings. The first kappa shape index (κ1) is 13.0. The summed E-state index contributed by atoms with van der Waals surface area (Å²) in [5.41, 5.74) is 8.07. The van der Waals surface area contributed by atoms with Gasteiger partial charge in [-0.3, -0.25) is 4.98 Å². The molecule has 0 radical (unpaired) electrons. The summed E-state index contributed by atoms with van der Waals surface area (Å²) in [6.07, 6.45) is 7.00. The molecule has 2 heterocycles. The number of aromatic nitrogens is 3. The summed E-state index contributed by atoms with van der Waals surface area (Å²) in [5.74, 6) is 1.48. The molecular formula is C14H22N4. The fourth-order valence-corrected chi connectivity index (χ4v) is 2.47. The van der Waals surface area contributed by atoms with Crippen LogP contribution < -0.4 is 5.73 Å². The molecule has 0 aliphatic carbocycles. The van der Waals surface area contributed by atoms with Gasteiger partial charge in [-0.25, -0.2) is 4.98 Å². The predicted molar refractivity (Wildman–Crippen MR) is 74.5 cm³/mol. The molecule has 2 aromatic heterocycles. The quantitative estimate of drug-likeness (QED) is 0.852. The van der Waals surface area contributed by atoms with Crippen LogP contribution in [0, 0.1) is 0 Å². The van der Waals surface area contributed by atoms with Crippen molar-refractivity contribution in [1.82, 2.24) is 14.5 Å². The van der Waals surface area contributed by atoms with Gasteiger partial charge in [0.1, 0.15) is 11.3 Å². The van der Waals surface area contributed by atoms with Gasteiger partial charge in [0.2, 0.25) is 0 Å². The lowest BCUT2D eigenvalue weighted by molar-refractivity contribution is 0.544. The molecule has 98 valence electrons. The largest absolute Gasteiger partial charge is 0.330 e. The molecule has 1 unspecified atom stereocenters. The minimum atomic E-state index is 0.356. The van der Waals surface area contributed by atoms with Crippen molar-refractivity contribution in [3.05, 3.63) is 24.3 Å². The molecule has 4 heteroatoms. The van der Waals surface area contributed by atoms with Crippen LogP contribution in [0.5, 0.6) is 0 Å². The predicted octanol–water partition coefficient (Wildman–Crippen LogP) is 2.68. The van der Waals surface area contributed by atoms with E-state index in [0.29, 0.717) is 12.5 Å². The lowest BCUT2D eigenvalue weighted by Gasteiger charge is -2.15. The van der Waals surface area contributed by atoms with Crippen LogP contribution in [0.2, 0.25) is 0 Å². The molecular weight excluding hydrogens is 224 g/mol. The highest BCUT2D eigenvalue weighted by molar-refractivity contribution is 5.74.